The molecule has 2 heteroatoms. The minimum absolute atomic E-state index is 0.474. The fourth-order valence-electron chi connectivity index (χ4n) is 4.16. The zero-order valence-electron chi connectivity index (χ0n) is 13.2. The lowest BCUT2D eigenvalue weighted by Crippen LogP contribution is -2.44. The lowest BCUT2D eigenvalue weighted by molar-refractivity contribution is 0.107. The van der Waals surface area contributed by atoms with Gasteiger partial charge in [0.25, 0.3) is 0 Å². The highest BCUT2D eigenvalue weighted by atomic mass is 16.5. The molecule has 19 heavy (non-hydrogen) atoms. The van der Waals surface area contributed by atoms with Gasteiger partial charge in [-0.3, -0.25) is 0 Å². The zero-order valence-corrected chi connectivity index (χ0v) is 13.2. The van der Waals surface area contributed by atoms with Crippen molar-refractivity contribution in [2.75, 3.05) is 13.2 Å². The Bertz CT molecular complexity index is 256. The second kappa shape index (κ2) is 7.64. The predicted molar refractivity (Wildman–Crippen MR) is 81.3 cm³/mol. The van der Waals surface area contributed by atoms with Gasteiger partial charge in [-0.05, 0) is 51.0 Å². The van der Waals surface area contributed by atoms with Crippen molar-refractivity contribution < 1.29 is 4.74 Å². The predicted octanol–water partition coefficient (Wildman–Crippen LogP) is 4.00. The molecule has 1 N–H and O–H groups in total. The first-order chi connectivity index (χ1) is 9.24. The van der Waals surface area contributed by atoms with Gasteiger partial charge < -0.3 is 10.1 Å². The molecular formula is C17H33NO. The van der Waals surface area contributed by atoms with Crippen molar-refractivity contribution in [1.82, 2.24) is 5.32 Å². The smallest absolute Gasteiger partial charge is 0.0551 e. The van der Waals surface area contributed by atoms with Crippen LogP contribution in [0.1, 0.15) is 65.7 Å². The van der Waals surface area contributed by atoms with Crippen molar-refractivity contribution in [2.24, 2.45) is 17.8 Å². The van der Waals surface area contributed by atoms with E-state index in [0.717, 1.165) is 24.4 Å². The molecule has 0 aromatic rings. The van der Waals surface area contributed by atoms with Crippen LogP contribution in [0.3, 0.4) is 0 Å². The quantitative estimate of drug-likeness (QED) is 0.785. The molecule has 1 aliphatic carbocycles. The zero-order chi connectivity index (χ0) is 13.7. The summed E-state index contributed by atoms with van der Waals surface area (Å²) >= 11 is 0. The van der Waals surface area contributed by atoms with Gasteiger partial charge in [-0.2, -0.15) is 0 Å². The minimum Gasteiger partial charge on any atom is -0.378 e. The molecule has 0 spiro atoms. The Labute approximate surface area is 119 Å². The van der Waals surface area contributed by atoms with Gasteiger partial charge in [0.1, 0.15) is 0 Å². The molecule has 1 heterocycles. The first kappa shape index (κ1) is 15.3. The number of nitrogens with one attached hydrogen (secondary N) is 1. The van der Waals surface area contributed by atoms with Crippen LogP contribution in [0.4, 0.5) is 0 Å². The van der Waals surface area contributed by atoms with Gasteiger partial charge in [-0.25, -0.2) is 0 Å². The standard InChI is InChI=1S/C17H33NO/c1-4-9-18-17(16-10-13(3)19-12-16)15-8-6-7-14(5-2)11-15/h13-18H,4-12H2,1-3H3. The molecule has 2 nitrogen and oxygen atoms in total. The lowest BCUT2D eigenvalue weighted by atomic mass is 9.73. The molecule has 1 saturated heterocycles. The van der Waals surface area contributed by atoms with Crippen LogP contribution in [0.5, 0.6) is 0 Å². The maximum Gasteiger partial charge on any atom is 0.0551 e. The summed E-state index contributed by atoms with van der Waals surface area (Å²) in [5.41, 5.74) is 0. The van der Waals surface area contributed by atoms with Gasteiger partial charge in [0.05, 0.1) is 12.7 Å². The van der Waals surface area contributed by atoms with Crippen molar-refractivity contribution in [3.63, 3.8) is 0 Å². The summed E-state index contributed by atoms with van der Waals surface area (Å²) < 4.78 is 5.83. The summed E-state index contributed by atoms with van der Waals surface area (Å²) in [6.07, 6.45) is 10.1. The van der Waals surface area contributed by atoms with Gasteiger partial charge in [0, 0.05) is 12.0 Å². The molecule has 0 amide bonds. The molecule has 0 aromatic carbocycles. The molecule has 5 atom stereocenters. The number of rotatable bonds is 6. The van der Waals surface area contributed by atoms with E-state index in [1.54, 1.807) is 0 Å². The van der Waals surface area contributed by atoms with E-state index in [2.05, 4.69) is 26.1 Å². The molecule has 1 saturated carbocycles. The molecule has 112 valence electrons. The topological polar surface area (TPSA) is 21.3 Å². The highest BCUT2D eigenvalue weighted by molar-refractivity contribution is 4.89. The van der Waals surface area contributed by atoms with Crippen molar-refractivity contribution in [3.05, 3.63) is 0 Å². The summed E-state index contributed by atoms with van der Waals surface area (Å²) in [6.45, 7) is 9.01. The molecule has 2 rings (SSSR count). The van der Waals surface area contributed by atoms with E-state index in [4.69, 9.17) is 4.74 Å². The van der Waals surface area contributed by atoms with E-state index in [-0.39, 0.29) is 0 Å². The Hall–Kier alpha value is -0.0800. The number of hydrogen-bond acceptors (Lipinski definition) is 2. The first-order valence-corrected chi connectivity index (χ1v) is 8.59. The summed E-state index contributed by atoms with van der Waals surface area (Å²) in [6, 6.07) is 0.708. The van der Waals surface area contributed by atoms with Crippen LogP contribution < -0.4 is 5.32 Å². The van der Waals surface area contributed by atoms with Gasteiger partial charge in [0.15, 0.2) is 0 Å². The third-order valence-electron chi connectivity index (χ3n) is 5.28. The molecule has 0 bridgehead atoms. The Kier molecular flexibility index (Phi) is 6.15. The Morgan fingerprint density at radius 3 is 2.63 bits per heavy atom. The monoisotopic (exact) mass is 267 g/mol. The maximum absolute atomic E-state index is 5.83. The van der Waals surface area contributed by atoms with Crippen molar-refractivity contribution in [3.8, 4) is 0 Å². The molecular weight excluding hydrogens is 234 g/mol. The average Bonchev–Trinajstić information content (AvgIpc) is 2.86. The van der Waals surface area contributed by atoms with E-state index in [1.807, 2.05) is 0 Å². The number of ether oxygens (including phenoxy) is 1. The van der Waals surface area contributed by atoms with Crippen LogP contribution in [0.2, 0.25) is 0 Å². The highest BCUT2D eigenvalue weighted by Crippen LogP contribution is 2.37. The molecule has 0 aromatic heterocycles. The van der Waals surface area contributed by atoms with E-state index in [0.29, 0.717) is 12.1 Å². The Morgan fingerprint density at radius 1 is 1.16 bits per heavy atom. The van der Waals surface area contributed by atoms with Gasteiger partial charge in [-0.15, -0.1) is 0 Å². The largest absolute Gasteiger partial charge is 0.378 e. The first-order valence-electron chi connectivity index (χ1n) is 8.59. The van der Waals surface area contributed by atoms with E-state index < -0.39 is 0 Å². The molecule has 2 aliphatic rings. The van der Waals surface area contributed by atoms with Crippen molar-refractivity contribution in [2.45, 2.75) is 77.9 Å². The molecule has 2 fully saturated rings. The van der Waals surface area contributed by atoms with Gasteiger partial charge in [0.2, 0.25) is 0 Å². The molecule has 5 unspecified atom stereocenters. The summed E-state index contributed by atoms with van der Waals surface area (Å²) in [7, 11) is 0. The van der Waals surface area contributed by atoms with Crippen LogP contribution in [0, 0.1) is 17.8 Å². The molecule has 0 radical (unpaired) electrons. The van der Waals surface area contributed by atoms with Crippen LogP contribution in [0.15, 0.2) is 0 Å². The second-order valence-electron chi connectivity index (χ2n) is 6.82. The van der Waals surface area contributed by atoms with Crippen LogP contribution >= 0.6 is 0 Å². The fraction of sp³-hybridized carbons (Fsp3) is 1.00. The van der Waals surface area contributed by atoms with Crippen LogP contribution in [-0.4, -0.2) is 25.3 Å². The van der Waals surface area contributed by atoms with Crippen LogP contribution in [0.25, 0.3) is 0 Å². The van der Waals surface area contributed by atoms with Crippen LogP contribution in [-0.2, 0) is 4.74 Å². The second-order valence-corrected chi connectivity index (χ2v) is 6.82. The van der Waals surface area contributed by atoms with Gasteiger partial charge in [-0.1, -0.05) is 33.1 Å². The van der Waals surface area contributed by atoms with Crippen molar-refractivity contribution >= 4 is 0 Å². The fourth-order valence-corrected chi connectivity index (χ4v) is 4.16. The highest BCUT2D eigenvalue weighted by Gasteiger charge is 2.36. The Balaban J connectivity index is 1.95. The minimum atomic E-state index is 0.474. The molecule has 1 aliphatic heterocycles. The normalized spacial score (nSPS) is 37.4. The van der Waals surface area contributed by atoms with E-state index >= 15 is 0 Å². The van der Waals surface area contributed by atoms with Gasteiger partial charge >= 0.3 is 0 Å². The summed E-state index contributed by atoms with van der Waals surface area (Å²) in [4.78, 5) is 0. The third-order valence-corrected chi connectivity index (χ3v) is 5.28. The Morgan fingerprint density at radius 2 is 2.00 bits per heavy atom. The van der Waals surface area contributed by atoms with E-state index in [9.17, 15) is 0 Å². The SMILES string of the molecule is CCCNC(C1CCCC(CC)C1)C1COC(C)C1. The number of hydrogen-bond donors (Lipinski definition) is 1. The summed E-state index contributed by atoms with van der Waals surface area (Å²) in [5.74, 6) is 2.62. The third kappa shape index (κ3) is 4.19. The lowest BCUT2D eigenvalue weighted by Gasteiger charge is -2.37. The van der Waals surface area contributed by atoms with E-state index in [1.165, 1.54) is 51.5 Å². The average molecular weight is 267 g/mol. The van der Waals surface area contributed by atoms with Crippen molar-refractivity contribution in [1.29, 1.82) is 0 Å². The maximum atomic E-state index is 5.83. The summed E-state index contributed by atoms with van der Waals surface area (Å²) in [5, 5.41) is 3.87.